The van der Waals surface area contributed by atoms with E-state index >= 15 is 0 Å². The Morgan fingerprint density at radius 3 is 2.91 bits per heavy atom. The number of aliphatic hydroxyl groups is 1. The molecule has 1 fully saturated rings. The van der Waals surface area contributed by atoms with Crippen LogP contribution in [0.1, 0.15) is 30.2 Å². The van der Waals surface area contributed by atoms with Crippen molar-refractivity contribution in [2.45, 2.75) is 45.3 Å². The van der Waals surface area contributed by atoms with Crippen molar-refractivity contribution in [1.82, 2.24) is 15.2 Å². The molecule has 1 aliphatic heterocycles. The number of nitrogens with zero attached hydrogens (tertiary/aromatic N) is 1. The average Bonchev–Trinajstić information content (AvgIpc) is 3.05. The lowest BCUT2D eigenvalue weighted by Crippen LogP contribution is -2.31. The molecule has 3 rings (SSSR count). The van der Waals surface area contributed by atoms with Crippen LogP contribution in [0.15, 0.2) is 18.2 Å². The summed E-state index contributed by atoms with van der Waals surface area (Å²) in [7, 11) is 2.09. The Labute approximate surface area is 132 Å². The standard InChI is InChI=1S/C18H27N3O/c1-4-17-12(2)16-7-13(5-6-18(16)20-17)9-19-14-8-15(11-22)21(3)10-14/h5-7,14-15,19-20,22H,4,8-11H2,1-3H3/t14-,15+/m1/s1. The Bertz CT molecular complexity index is 649. The predicted octanol–water partition coefficient (Wildman–Crippen LogP) is 2.19. The van der Waals surface area contributed by atoms with Gasteiger partial charge in [0, 0.05) is 41.8 Å². The first-order valence-electron chi connectivity index (χ1n) is 8.27. The molecule has 22 heavy (non-hydrogen) atoms. The minimum atomic E-state index is 0.253. The molecule has 4 nitrogen and oxygen atoms in total. The summed E-state index contributed by atoms with van der Waals surface area (Å²) < 4.78 is 0. The predicted molar refractivity (Wildman–Crippen MR) is 91.2 cm³/mol. The minimum Gasteiger partial charge on any atom is -0.395 e. The highest BCUT2D eigenvalue weighted by Gasteiger charge is 2.28. The van der Waals surface area contributed by atoms with Crippen molar-refractivity contribution in [2.24, 2.45) is 0 Å². The molecule has 0 saturated carbocycles. The molecule has 0 aliphatic carbocycles. The summed E-state index contributed by atoms with van der Waals surface area (Å²) in [5.41, 5.74) is 5.27. The number of nitrogens with one attached hydrogen (secondary N) is 2. The fraction of sp³-hybridized carbons (Fsp3) is 0.556. The van der Waals surface area contributed by atoms with Crippen molar-refractivity contribution in [3.63, 3.8) is 0 Å². The van der Waals surface area contributed by atoms with Crippen molar-refractivity contribution < 1.29 is 5.11 Å². The molecule has 2 aromatic rings. The maximum Gasteiger partial charge on any atom is 0.0587 e. The third-order valence-corrected chi connectivity index (χ3v) is 5.07. The van der Waals surface area contributed by atoms with Gasteiger partial charge in [0.2, 0.25) is 0 Å². The van der Waals surface area contributed by atoms with E-state index in [9.17, 15) is 5.11 Å². The number of aryl methyl sites for hydroxylation is 2. The van der Waals surface area contributed by atoms with E-state index in [1.165, 1.54) is 27.7 Å². The number of hydrogen-bond donors (Lipinski definition) is 3. The number of aromatic amines is 1. The van der Waals surface area contributed by atoms with E-state index in [0.717, 1.165) is 25.9 Å². The molecule has 0 unspecified atom stereocenters. The second kappa shape index (κ2) is 6.41. The van der Waals surface area contributed by atoms with Gasteiger partial charge in [0.05, 0.1) is 6.61 Å². The molecule has 1 aromatic heterocycles. The Hall–Kier alpha value is -1.36. The third kappa shape index (κ3) is 2.91. The highest BCUT2D eigenvalue weighted by atomic mass is 16.3. The molecular formula is C18H27N3O. The topological polar surface area (TPSA) is 51.3 Å². The second-order valence-electron chi connectivity index (χ2n) is 6.55. The first kappa shape index (κ1) is 15.5. The number of aliphatic hydroxyl groups excluding tert-OH is 1. The zero-order chi connectivity index (χ0) is 15.7. The first-order chi connectivity index (χ1) is 10.6. The Morgan fingerprint density at radius 1 is 1.41 bits per heavy atom. The van der Waals surface area contributed by atoms with Crippen molar-refractivity contribution >= 4 is 10.9 Å². The van der Waals surface area contributed by atoms with E-state index < -0.39 is 0 Å². The molecule has 4 heteroatoms. The number of aromatic nitrogens is 1. The molecule has 120 valence electrons. The van der Waals surface area contributed by atoms with Crippen molar-refractivity contribution in [3.8, 4) is 0 Å². The van der Waals surface area contributed by atoms with Gasteiger partial charge in [-0.1, -0.05) is 13.0 Å². The van der Waals surface area contributed by atoms with Crippen LogP contribution in [0.3, 0.4) is 0 Å². The lowest BCUT2D eigenvalue weighted by atomic mass is 10.1. The van der Waals surface area contributed by atoms with E-state index in [1.807, 2.05) is 0 Å². The average molecular weight is 301 g/mol. The van der Waals surface area contributed by atoms with Gasteiger partial charge in [-0.15, -0.1) is 0 Å². The van der Waals surface area contributed by atoms with Crippen LogP contribution in [0.4, 0.5) is 0 Å². The third-order valence-electron chi connectivity index (χ3n) is 5.07. The SMILES string of the molecule is CCc1[nH]c2ccc(CN[C@@H]3C[C@@H](CO)N(C)C3)cc2c1C. The van der Waals surface area contributed by atoms with Crippen molar-refractivity contribution in [1.29, 1.82) is 0 Å². The highest BCUT2D eigenvalue weighted by Crippen LogP contribution is 2.23. The van der Waals surface area contributed by atoms with Gasteiger partial charge in [-0.25, -0.2) is 0 Å². The van der Waals surface area contributed by atoms with Gasteiger partial charge in [0.1, 0.15) is 0 Å². The normalized spacial score (nSPS) is 22.7. The van der Waals surface area contributed by atoms with Gasteiger partial charge in [0.25, 0.3) is 0 Å². The molecule has 3 N–H and O–H groups in total. The number of rotatable bonds is 5. The summed E-state index contributed by atoms with van der Waals surface area (Å²) in [6.07, 6.45) is 2.07. The van der Waals surface area contributed by atoms with E-state index in [-0.39, 0.29) is 6.61 Å². The summed E-state index contributed by atoms with van der Waals surface area (Å²) in [4.78, 5) is 5.74. The number of likely N-dealkylation sites (N-methyl/N-ethyl adjacent to an activating group) is 1. The van der Waals surface area contributed by atoms with Gasteiger partial charge in [-0.3, -0.25) is 4.90 Å². The Balaban J connectivity index is 1.68. The molecule has 2 atom stereocenters. The van der Waals surface area contributed by atoms with E-state index in [1.54, 1.807) is 0 Å². The Kier molecular flexibility index (Phi) is 4.52. The number of benzene rings is 1. The first-order valence-corrected chi connectivity index (χ1v) is 8.27. The lowest BCUT2D eigenvalue weighted by molar-refractivity contribution is 0.182. The van der Waals surface area contributed by atoms with Gasteiger partial charge in [0.15, 0.2) is 0 Å². The van der Waals surface area contributed by atoms with E-state index in [4.69, 9.17) is 0 Å². The summed E-state index contributed by atoms with van der Waals surface area (Å²) >= 11 is 0. The number of H-pyrrole nitrogens is 1. The van der Waals surface area contributed by atoms with Crippen molar-refractivity contribution in [2.75, 3.05) is 20.2 Å². The monoisotopic (exact) mass is 301 g/mol. The summed E-state index contributed by atoms with van der Waals surface area (Å²) in [6, 6.07) is 7.47. The van der Waals surface area contributed by atoms with Crippen LogP contribution in [-0.4, -0.2) is 47.3 Å². The van der Waals surface area contributed by atoms with Crippen LogP contribution in [0, 0.1) is 6.92 Å². The van der Waals surface area contributed by atoms with E-state index in [2.05, 4.69) is 54.3 Å². The molecule has 0 spiro atoms. The van der Waals surface area contributed by atoms with Crippen LogP contribution < -0.4 is 5.32 Å². The molecule has 0 bridgehead atoms. The molecule has 0 radical (unpaired) electrons. The van der Waals surface area contributed by atoms with Crippen LogP contribution in [-0.2, 0) is 13.0 Å². The fourth-order valence-corrected chi connectivity index (χ4v) is 3.60. The van der Waals surface area contributed by atoms with Crippen LogP contribution in [0.5, 0.6) is 0 Å². The van der Waals surface area contributed by atoms with Crippen LogP contribution in [0.25, 0.3) is 10.9 Å². The largest absolute Gasteiger partial charge is 0.395 e. The second-order valence-corrected chi connectivity index (χ2v) is 6.55. The van der Waals surface area contributed by atoms with Crippen molar-refractivity contribution in [3.05, 3.63) is 35.0 Å². The quantitative estimate of drug-likeness (QED) is 0.793. The summed E-state index contributed by atoms with van der Waals surface area (Å²) in [5.74, 6) is 0. The fourth-order valence-electron chi connectivity index (χ4n) is 3.60. The van der Waals surface area contributed by atoms with Crippen LogP contribution >= 0.6 is 0 Å². The smallest absolute Gasteiger partial charge is 0.0587 e. The zero-order valence-corrected chi connectivity index (χ0v) is 13.8. The Morgan fingerprint density at radius 2 is 2.23 bits per heavy atom. The molecule has 1 aliphatic rings. The number of hydrogen-bond acceptors (Lipinski definition) is 3. The highest BCUT2D eigenvalue weighted by molar-refractivity contribution is 5.85. The van der Waals surface area contributed by atoms with Gasteiger partial charge in [-0.05, 0) is 50.1 Å². The maximum atomic E-state index is 9.34. The molecule has 1 aromatic carbocycles. The maximum absolute atomic E-state index is 9.34. The van der Waals surface area contributed by atoms with Gasteiger partial charge in [-0.2, -0.15) is 0 Å². The number of fused-ring (bicyclic) bond motifs is 1. The number of likely N-dealkylation sites (tertiary alicyclic amines) is 1. The van der Waals surface area contributed by atoms with Gasteiger partial charge >= 0.3 is 0 Å². The minimum absolute atomic E-state index is 0.253. The summed E-state index contributed by atoms with van der Waals surface area (Å²) in [6.45, 7) is 6.54. The van der Waals surface area contributed by atoms with Gasteiger partial charge < -0.3 is 15.4 Å². The molecular weight excluding hydrogens is 274 g/mol. The molecule has 1 saturated heterocycles. The van der Waals surface area contributed by atoms with E-state index in [0.29, 0.717) is 12.1 Å². The summed E-state index contributed by atoms with van der Waals surface area (Å²) in [5, 5.41) is 14.3. The molecule has 2 heterocycles. The lowest BCUT2D eigenvalue weighted by Gasteiger charge is -2.15. The molecule has 0 amide bonds. The zero-order valence-electron chi connectivity index (χ0n) is 13.8. The van der Waals surface area contributed by atoms with Crippen LogP contribution in [0.2, 0.25) is 0 Å².